The number of benzene rings is 1. The number of hydrogen-bond acceptors (Lipinski definition) is 7. The Hall–Kier alpha value is -3.22. The molecule has 2 aromatic heterocycles. The smallest absolute Gasteiger partial charge is 0.302 e. The number of rotatable bonds is 8. The van der Waals surface area contributed by atoms with Crippen molar-refractivity contribution < 1.29 is 18.7 Å². The van der Waals surface area contributed by atoms with Gasteiger partial charge in [-0.05, 0) is 23.7 Å². The van der Waals surface area contributed by atoms with E-state index in [2.05, 4.69) is 21.6 Å². The van der Waals surface area contributed by atoms with E-state index in [1.54, 1.807) is 25.4 Å². The Morgan fingerprint density at radius 3 is 2.83 bits per heavy atom. The minimum atomic E-state index is -0.281. The van der Waals surface area contributed by atoms with Gasteiger partial charge in [0.05, 0.1) is 17.0 Å². The van der Waals surface area contributed by atoms with Gasteiger partial charge in [0, 0.05) is 12.7 Å². The van der Waals surface area contributed by atoms with Crippen LogP contribution in [-0.4, -0.2) is 35.6 Å². The van der Waals surface area contributed by atoms with Crippen molar-refractivity contribution in [2.75, 3.05) is 24.8 Å². The Kier molecular flexibility index (Phi) is 6.94. The summed E-state index contributed by atoms with van der Waals surface area (Å²) in [7, 11) is 1.60. The van der Waals surface area contributed by atoms with E-state index in [-0.39, 0.29) is 17.5 Å². The lowest BCUT2D eigenvalue weighted by atomic mass is 10.1. The number of nitriles is 1. The number of carbonyl (C=O) groups is 1. The molecule has 3 rings (SSSR count). The second-order valence-electron chi connectivity index (χ2n) is 6.19. The van der Waals surface area contributed by atoms with Crippen LogP contribution in [-0.2, 0) is 16.1 Å². The van der Waals surface area contributed by atoms with Crippen molar-refractivity contribution in [2.45, 2.75) is 18.5 Å². The standard InChI is InChI=1S/C20H19N5O3S/c1-14-3-5-15(6-4-14)17-8-7-16(11-21)20(22-17)29-13-18(26)23-19-12-25(24-28-19)9-10-27-2/h3-8,12H,9-10,13H2,1-2H3/p+1. The SMILES string of the molecule is COCC[n+]1cc(NC(=O)CSc2nc(-c3ccc(C)cc3)ccc2C#N)on1. The third kappa shape index (κ3) is 5.63. The summed E-state index contributed by atoms with van der Waals surface area (Å²) in [4.78, 5) is 16.8. The van der Waals surface area contributed by atoms with Crippen molar-refractivity contribution >= 4 is 23.6 Å². The molecule has 148 valence electrons. The van der Waals surface area contributed by atoms with E-state index in [4.69, 9.17) is 9.26 Å². The van der Waals surface area contributed by atoms with Gasteiger partial charge in [0.15, 0.2) is 0 Å². The quantitative estimate of drug-likeness (QED) is 0.449. The number of amides is 1. The number of aromatic nitrogens is 3. The highest BCUT2D eigenvalue weighted by atomic mass is 32.2. The van der Waals surface area contributed by atoms with Gasteiger partial charge in [-0.15, -0.1) is 0 Å². The van der Waals surface area contributed by atoms with E-state index in [1.165, 1.54) is 16.4 Å². The number of aryl methyl sites for hydroxylation is 1. The fraction of sp³-hybridized carbons (Fsp3) is 0.250. The van der Waals surface area contributed by atoms with Gasteiger partial charge in [-0.3, -0.25) is 14.6 Å². The first-order chi connectivity index (χ1) is 14.1. The van der Waals surface area contributed by atoms with Crippen LogP contribution in [0.3, 0.4) is 0 Å². The number of thioether (sulfide) groups is 1. The number of pyridine rings is 1. The predicted molar refractivity (Wildman–Crippen MR) is 107 cm³/mol. The van der Waals surface area contributed by atoms with E-state index in [1.807, 2.05) is 31.2 Å². The van der Waals surface area contributed by atoms with Crippen LogP contribution in [0.15, 0.2) is 52.1 Å². The minimum Gasteiger partial charge on any atom is -0.378 e. The van der Waals surface area contributed by atoms with Gasteiger partial charge in [0.25, 0.3) is 6.20 Å². The third-order valence-corrected chi connectivity index (χ3v) is 4.96. The summed E-state index contributed by atoms with van der Waals surface area (Å²) in [5.74, 6) is 0.0442. The molecule has 1 N–H and O–H groups in total. The van der Waals surface area contributed by atoms with Crippen LogP contribution in [0.4, 0.5) is 5.88 Å². The van der Waals surface area contributed by atoms with E-state index < -0.39 is 0 Å². The average molecular weight is 410 g/mol. The summed E-state index contributed by atoms with van der Waals surface area (Å²) in [6.45, 7) is 3.02. The lowest BCUT2D eigenvalue weighted by Crippen LogP contribution is -2.36. The maximum atomic E-state index is 12.2. The number of ether oxygens (including phenoxy) is 1. The summed E-state index contributed by atoms with van der Waals surface area (Å²) >= 11 is 1.20. The highest BCUT2D eigenvalue weighted by Crippen LogP contribution is 2.25. The predicted octanol–water partition coefficient (Wildman–Crippen LogP) is 2.58. The molecule has 0 bridgehead atoms. The fourth-order valence-corrected chi connectivity index (χ4v) is 3.22. The lowest BCUT2D eigenvalue weighted by Gasteiger charge is -2.07. The molecule has 0 spiro atoms. The van der Waals surface area contributed by atoms with Crippen molar-refractivity contribution in [1.29, 1.82) is 5.26 Å². The van der Waals surface area contributed by atoms with Gasteiger partial charge < -0.3 is 4.74 Å². The van der Waals surface area contributed by atoms with E-state index in [0.29, 0.717) is 23.7 Å². The minimum absolute atomic E-state index is 0.0812. The van der Waals surface area contributed by atoms with E-state index >= 15 is 0 Å². The Bertz CT molecular complexity index is 1030. The summed E-state index contributed by atoms with van der Waals surface area (Å²) < 4.78 is 11.6. The molecular weight excluding hydrogens is 390 g/mol. The molecule has 8 nitrogen and oxygen atoms in total. The fourth-order valence-electron chi connectivity index (χ4n) is 2.45. The molecule has 0 atom stereocenters. The Morgan fingerprint density at radius 2 is 2.10 bits per heavy atom. The number of hydrogen-bond donors (Lipinski definition) is 1. The first-order valence-electron chi connectivity index (χ1n) is 8.85. The molecule has 9 heteroatoms. The summed E-state index contributed by atoms with van der Waals surface area (Å²) in [5, 5.41) is 16.3. The van der Waals surface area contributed by atoms with E-state index in [0.717, 1.165) is 16.8 Å². The lowest BCUT2D eigenvalue weighted by molar-refractivity contribution is -0.763. The van der Waals surface area contributed by atoms with Crippen molar-refractivity contribution in [1.82, 2.24) is 10.3 Å². The van der Waals surface area contributed by atoms with Crippen molar-refractivity contribution in [3.8, 4) is 17.3 Å². The van der Waals surface area contributed by atoms with Crippen LogP contribution < -0.4 is 10.00 Å². The van der Waals surface area contributed by atoms with Crippen LogP contribution in [0, 0.1) is 18.3 Å². The summed E-state index contributed by atoms with van der Waals surface area (Å²) in [5.41, 5.74) is 3.29. The number of anilines is 1. The topological polar surface area (TPSA) is 105 Å². The molecule has 29 heavy (non-hydrogen) atoms. The number of nitrogens with zero attached hydrogens (tertiary/aromatic N) is 4. The zero-order valence-corrected chi connectivity index (χ0v) is 16.9. The molecule has 1 aromatic carbocycles. The molecule has 0 radical (unpaired) electrons. The molecule has 0 unspecified atom stereocenters. The summed E-state index contributed by atoms with van der Waals surface area (Å²) in [6, 6.07) is 13.6. The average Bonchev–Trinajstić information content (AvgIpc) is 3.18. The van der Waals surface area contributed by atoms with Crippen LogP contribution in [0.1, 0.15) is 11.1 Å². The van der Waals surface area contributed by atoms with Crippen LogP contribution >= 0.6 is 11.8 Å². The molecule has 0 aliphatic carbocycles. The Balaban J connectivity index is 1.65. The summed E-state index contributed by atoms with van der Waals surface area (Å²) in [6.07, 6.45) is 1.58. The monoisotopic (exact) mass is 410 g/mol. The van der Waals surface area contributed by atoms with Gasteiger partial charge >= 0.3 is 5.88 Å². The number of carbonyl (C=O) groups excluding carboxylic acids is 1. The largest absolute Gasteiger partial charge is 0.378 e. The van der Waals surface area contributed by atoms with Gasteiger partial charge in [0.2, 0.25) is 17.7 Å². The van der Waals surface area contributed by atoms with Gasteiger partial charge in [-0.2, -0.15) is 5.26 Å². The second kappa shape index (κ2) is 9.82. The van der Waals surface area contributed by atoms with Crippen molar-refractivity contribution in [2.24, 2.45) is 0 Å². The molecule has 2 heterocycles. The second-order valence-corrected chi connectivity index (χ2v) is 7.15. The van der Waals surface area contributed by atoms with Crippen LogP contribution in [0.5, 0.6) is 0 Å². The van der Waals surface area contributed by atoms with Gasteiger partial charge in [-0.1, -0.05) is 41.6 Å². The van der Waals surface area contributed by atoms with Gasteiger partial charge in [0.1, 0.15) is 17.7 Å². The molecule has 1 amide bonds. The first-order valence-corrected chi connectivity index (χ1v) is 9.84. The first kappa shape index (κ1) is 20.5. The molecule has 0 aliphatic rings. The third-order valence-electron chi connectivity index (χ3n) is 3.97. The maximum Gasteiger partial charge on any atom is 0.302 e. The Labute approximate surface area is 172 Å². The highest BCUT2D eigenvalue weighted by Gasteiger charge is 2.15. The van der Waals surface area contributed by atoms with Crippen LogP contribution in [0.25, 0.3) is 11.3 Å². The van der Waals surface area contributed by atoms with Crippen LogP contribution in [0.2, 0.25) is 0 Å². The molecular formula is C20H20N5O3S+. The molecule has 3 aromatic rings. The highest BCUT2D eigenvalue weighted by molar-refractivity contribution is 8.00. The maximum absolute atomic E-state index is 12.2. The number of nitrogens with one attached hydrogen (secondary N) is 1. The zero-order valence-electron chi connectivity index (χ0n) is 16.1. The molecule has 0 fully saturated rings. The van der Waals surface area contributed by atoms with E-state index in [9.17, 15) is 10.1 Å². The zero-order chi connectivity index (χ0) is 20.6. The molecule has 0 saturated carbocycles. The van der Waals surface area contributed by atoms with Crippen molar-refractivity contribution in [3.63, 3.8) is 0 Å². The Morgan fingerprint density at radius 1 is 1.31 bits per heavy atom. The number of methoxy groups -OCH3 is 1. The normalized spacial score (nSPS) is 10.5. The van der Waals surface area contributed by atoms with Gasteiger partial charge in [-0.25, -0.2) is 4.98 Å². The molecule has 0 aliphatic heterocycles. The molecule has 0 saturated heterocycles. The van der Waals surface area contributed by atoms with Crippen molar-refractivity contribution in [3.05, 3.63) is 53.7 Å².